The van der Waals surface area contributed by atoms with Gasteiger partial charge in [0.15, 0.2) is 5.76 Å². The average Bonchev–Trinajstić information content (AvgIpc) is 2.71. The molecule has 2 rings (SSSR count). The third-order valence-corrected chi connectivity index (χ3v) is 1.76. The van der Waals surface area contributed by atoms with Gasteiger partial charge in [0.1, 0.15) is 5.69 Å². The highest BCUT2D eigenvalue weighted by Gasteiger charge is 2.12. The van der Waals surface area contributed by atoms with Gasteiger partial charge in [-0.05, 0) is 19.1 Å². The van der Waals surface area contributed by atoms with Crippen LogP contribution in [-0.2, 0) is 0 Å². The van der Waals surface area contributed by atoms with Gasteiger partial charge < -0.3 is 4.42 Å². The van der Waals surface area contributed by atoms with Crippen LogP contribution in [0.15, 0.2) is 35.2 Å². The third kappa shape index (κ3) is 1.54. The van der Waals surface area contributed by atoms with Crippen molar-refractivity contribution in [1.29, 1.82) is 0 Å². The second kappa shape index (κ2) is 3.41. The van der Waals surface area contributed by atoms with E-state index in [1.165, 1.54) is 12.5 Å². The van der Waals surface area contributed by atoms with E-state index in [-0.39, 0.29) is 11.5 Å². The van der Waals surface area contributed by atoms with E-state index in [1.807, 2.05) is 6.92 Å². The topological polar surface area (TPSA) is 56.0 Å². The molecule has 0 saturated heterocycles. The smallest absolute Gasteiger partial charge is 0.248 e. The summed E-state index contributed by atoms with van der Waals surface area (Å²) in [5.74, 6) is 0.0330. The number of rotatable bonds is 2. The van der Waals surface area contributed by atoms with Crippen molar-refractivity contribution in [3.05, 3.63) is 47.9 Å². The summed E-state index contributed by atoms with van der Waals surface area (Å²) in [7, 11) is 0. The Hall–Kier alpha value is -1.97. The maximum absolute atomic E-state index is 11.6. The summed E-state index contributed by atoms with van der Waals surface area (Å²) in [5, 5.41) is 0. The zero-order valence-electron chi connectivity index (χ0n) is 7.60. The van der Waals surface area contributed by atoms with Gasteiger partial charge in [-0.25, -0.2) is 4.98 Å². The van der Waals surface area contributed by atoms with Crippen LogP contribution < -0.4 is 0 Å². The Morgan fingerprint density at radius 3 is 2.79 bits per heavy atom. The summed E-state index contributed by atoms with van der Waals surface area (Å²) in [6.45, 7) is 1.81. The standard InChI is InChI=1S/C10H8N2O2/c1-7-5-12-8(6-11-7)10(13)9-3-2-4-14-9/h2-6H,1H3. The lowest BCUT2D eigenvalue weighted by atomic mass is 10.2. The average molecular weight is 188 g/mol. The Labute approximate surface area is 80.6 Å². The van der Waals surface area contributed by atoms with Gasteiger partial charge in [-0.15, -0.1) is 0 Å². The van der Waals surface area contributed by atoms with E-state index in [4.69, 9.17) is 4.42 Å². The molecule has 0 N–H and O–H groups in total. The van der Waals surface area contributed by atoms with Gasteiger partial charge in [-0.3, -0.25) is 9.78 Å². The van der Waals surface area contributed by atoms with Gasteiger partial charge in [-0.2, -0.15) is 0 Å². The van der Waals surface area contributed by atoms with Crippen molar-refractivity contribution in [3.63, 3.8) is 0 Å². The summed E-state index contributed by atoms with van der Waals surface area (Å²) in [6.07, 6.45) is 4.45. The first kappa shape index (κ1) is 8.62. The zero-order valence-corrected chi connectivity index (χ0v) is 7.60. The number of aromatic nitrogens is 2. The molecule has 0 aliphatic carbocycles. The maximum atomic E-state index is 11.6. The van der Waals surface area contributed by atoms with E-state index < -0.39 is 0 Å². The predicted octanol–water partition coefficient (Wildman–Crippen LogP) is 1.61. The number of hydrogen-bond acceptors (Lipinski definition) is 4. The lowest BCUT2D eigenvalue weighted by molar-refractivity contribution is 0.100. The number of carbonyl (C=O) groups excluding carboxylic acids is 1. The van der Waals surface area contributed by atoms with E-state index in [1.54, 1.807) is 18.3 Å². The zero-order chi connectivity index (χ0) is 9.97. The fourth-order valence-corrected chi connectivity index (χ4v) is 1.04. The first-order valence-corrected chi connectivity index (χ1v) is 4.14. The van der Waals surface area contributed by atoms with E-state index in [0.717, 1.165) is 5.69 Å². The molecule has 4 nitrogen and oxygen atoms in total. The van der Waals surface area contributed by atoms with E-state index in [2.05, 4.69) is 9.97 Å². The van der Waals surface area contributed by atoms with Crippen LogP contribution in [-0.4, -0.2) is 15.8 Å². The molecule has 2 heterocycles. The molecule has 4 heteroatoms. The molecule has 0 atom stereocenters. The summed E-state index contributed by atoms with van der Waals surface area (Å²) >= 11 is 0. The molecular formula is C10H8N2O2. The Bertz CT molecular complexity index is 432. The Morgan fingerprint density at radius 2 is 2.21 bits per heavy atom. The monoisotopic (exact) mass is 188 g/mol. The highest BCUT2D eigenvalue weighted by molar-refractivity contribution is 6.05. The molecule has 2 aromatic heterocycles. The number of nitrogens with zero attached hydrogens (tertiary/aromatic N) is 2. The second-order valence-corrected chi connectivity index (χ2v) is 2.85. The molecule has 0 aromatic carbocycles. The lowest BCUT2D eigenvalue weighted by Crippen LogP contribution is -2.03. The van der Waals surface area contributed by atoms with Crippen LogP contribution in [0.3, 0.4) is 0 Å². The van der Waals surface area contributed by atoms with Crippen molar-refractivity contribution in [1.82, 2.24) is 9.97 Å². The molecule has 2 aromatic rings. The lowest BCUT2D eigenvalue weighted by Gasteiger charge is -1.95. The molecule has 0 saturated carbocycles. The van der Waals surface area contributed by atoms with Crippen molar-refractivity contribution in [2.45, 2.75) is 6.92 Å². The van der Waals surface area contributed by atoms with Crippen molar-refractivity contribution >= 4 is 5.78 Å². The van der Waals surface area contributed by atoms with Crippen LogP contribution in [0.5, 0.6) is 0 Å². The first-order valence-electron chi connectivity index (χ1n) is 4.14. The number of furan rings is 1. The summed E-state index contributed by atoms with van der Waals surface area (Å²) in [4.78, 5) is 19.6. The van der Waals surface area contributed by atoms with Gasteiger partial charge >= 0.3 is 0 Å². The van der Waals surface area contributed by atoms with Crippen molar-refractivity contribution in [2.75, 3.05) is 0 Å². The normalized spacial score (nSPS) is 10.1. The van der Waals surface area contributed by atoms with Crippen LogP contribution in [0, 0.1) is 6.92 Å². The first-order chi connectivity index (χ1) is 6.77. The van der Waals surface area contributed by atoms with Crippen LogP contribution in [0.25, 0.3) is 0 Å². The highest BCUT2D eigenvalue weighted by Crippen LogP contribution is 2.06. The van der Waals surface area contributed by atoms with Gasteiger partial charge in [0.05, 0.1) is 18.2 Å². The molecule has 0 fully saturated rings. The van der Waals surface area contributed by atoms with Crippen LogP contribution in [0.1, 0.15) is 21.9 Å². The summed E-state index contributed by atoms with van der Waals surface area (Å²) in [6, 6.07) is 3.26. The minimum Gasteiger partial charge on any atom is -0.461 e. The molecule has 0 radical (unpaired) electrons. The number of aryl methyl sites for hydroxylation is 1. The molecule has 14 heavy (non-hydrogen) atoms. The number of ketones is 1. The largest absolute Gasteiger partial charge is 0.461 e. The maximum Gasteiger partial charge on any atom is 0.248 e. The van der Waals surface area contributed by atoms with Crippen molar-refractivity contribution in [2.24, 2.45) is 0 Å². The van der Waals surface area contributed by atoms with E-state index >= 15 is 0 Å². The van der Waals surface area contributed by atoms with Crippen LogP contribution >= 0.6 is 0 Å². The fourth-order valence-electron chi connectivity index (χ4n) is 1.04. The Balaban J connectivity index is 2.33. The molecule has 0 amide bonds. The number of hydrogen-bond donors (Lipinski definition) is 0. The fraction of sp³-hybridized carbons (Fsp3) is 0.100. The Morgan fingerprint density at radius 1 is 1.36 bits per heavy atom. The van der Waals surface area contributed by atoms with Gasteiger partial charge in [-0.1, -0.05) is 0 Å². The third-order valence-electron chi connectivity index (χ3n) is 1.76. The molecule has 70 valence electrons. The molecule has 0 unspecified atom stereocenters. The SMILES string of the molecule is Cc1cnc(C(=O)c2ccco2)cn1. The Kier molecular flexibility index (Phi) is 2.10. The molecule has 0 aliphatic heterocycles. The molecular weight excluding hydrogens is 180 g/mol. The predicted molar refractivity (Wildman–Crippen MR) is 48.9 cm³/mol. The van der Waals surface area contributed by atoms with Crippen molar-refractivity contribution in [3.8, 4) is 0 Å². The minimum atomic E-state index is -0.248. The van der Waals surface area contributed by atoms with Gasteiger partial charge in [0.2, 0.25) is 5.78 Å². The van der Waals surface area contributed by atoms with E-state index in [0.29, 0.717) is 5.69 Å². The molecule has 0 spiro atoms. The highest BCUT2D eigenvalue weighted by atomic mass is 16.3. The molecule has 0 aliphatic rings. The summed E-state index contributed by atoms with van der Waals surface area (Å²) < 4.78 is 4.96. The second-order valence-electron chi connectivity index (χ2n) is 2.85. The van der Waals surface area contributed by atoms with Crippen molar-refractivity contribution < 1.29 is 9.21 Å². The van der Waals surface area contributed by atoms with Crippen LogP contribution in [0.4, 0.5) is 0 Å². The van der Waals surface area contributed by atoms with Gasteiger partial charge in [0.25, 0.3) is 0 Å². The van der Waals surface area contributed by atoms with Gasteiger partial charge in [0, 0.05) is 6.20 Å². The summed E-state index contributed by atoms with van der Waals surface area (Å²) in [5.41, 5.74) is 1.08. The van der Waals surface area contributed by atoms with Crippen LogP contribution in [0.2, 0.25) is 0 Å². The quantitative estimate of drug-likeness (QED) is 0.672. The number of carbonyl (C=O) groups is 1. The molecule has 0 bridgehead atoms. The minimum absolute atomic E-state index is 0.248. The van der Waals surface area contributed by atoms with E-state index in [9.17, 15) is 4.79 Å².